The van der Waals surface area contributed by atoms with E-state index in [1.165, 1.54) is 9.13 Å². The van der Waals surface area contributed by atoms with Gasteiger partial charge in [0.1, 0.15) is 24.2 Å². The third-order valence-electron chi connectivity index (χ3n) is 2.96. The number of ether oxygens (including phenoxy) is 2. The lowest BCUT2D eigenvalue weighted by molar-refractivity contribution is 0.148. The van der Waals surface area contributed by atoms with E-state index in [2.05, 4.69) is 28.7 Å². The number of rotatable bonds is 3. The van der Waals surface area contributed by atoms with Gasteiger partial charge in [0.2, 0.25) is 0 Å². The third-order valence-corrected chi connectivity index (χ3v) is 3.68. The fourth-order valence-corrected chi connectivity index (χ4v) is 2.43. The number of hydrogen-bond acceptors (Lipinski definition) is 2. The van der Waals surface area contributed by atoms with Gasteiger partial charge in [0.25, 0.3) is 0 Å². The standard InChI is InChI=1S/C15H13IO2/c16-12-5-7-13(8-6-12)17-10-14-9-11-3-1-2-4-15(11)18-14/h1-8,14H,9-10H2. The highest BCUT2D eigenvalue weighted by Gasteiger charge is 2.22. The van der Waals surface area contributed by atoms with E-state index in [0.29, 0.717) is 6.61 Å². The molecule has 1 atom stereocenters. The fraction of sp³-hybridized carbons (Fsp3) is 0.200. The van der Waals surface area contributed by atoms with Crippen LogP contribution in [0.1, 0.15) is 5.56 Å². The maximum atomic E-state index is 5.83. The Kier molecular flexibility index (Phi) is 3.41. The average Bonchev–Trinajstić information content (AvgIpc) is 2.81. The van der Waals surface area contributed by atoms with Gasteiger partial charge in [-0.25, -0.2) is 0 Å². The Labute approximate surface area is 120 Å². The second kappa shape index (κ2) is 5.18. The average molecular weight is 352 g/mol. The predicted octanol–water partition coefficient (Wildman–Crippen LogP) is 3.67. The zero-order chi connectivity index (χ0) is 12.4. The van der Waals surface area contributed by atoms with Gasteiger partial charge in [-0.15, -0.1) is 0 Å². The molecule has 0 spiro atoms. The highest BCUT2D eigenvalue weighted by atomic mass is 127. The molecule has 0 radical (unpaired) electrons. The summed E-state index contributed by atoms with van der Waals surface area (Å²) >= 11 is 2.28. The van der Waals surface area contributed by atoms with Gasteiger partial charge in [-0.05, 0) is 58.5 Å². The van der Waals surface area contributed by atoms with Crippen molar-refractivity contribution in [3.8, 4) is 11.5 Å². The molecule has 0 bridgehead atoms. The second-order valence-electron chi connectivity index (χ2n) is 4.32. The number of halogens is 1. The number of hydrogen-bond donors (Lipinski definition) is 0. The van der Waals surface area contributed by atoms with Gasteiger partial charge in [-0.2, -0.15) is 0 Å². The summed E-state index contributed by atoms with van der Waals surface area (Å²) in [6, 6.07) is 16.2. The molecule has 2 aromatic rings. The molecule has 0 N–H and O–H groups in total. The molecule has 2 aromatic carbocycles. The summed E-state index contributed by atoms with van der Waals surface area (Å²) < 4.78 is 12.8. The van der Waals surface area contributed by atoms with Crippen LogP contribution >= 0.6 is 22.6 Å². The Morgan fingerprint density at radius 1 is 1.11 bits per heavy atom. The molecule has 92 valence electrons. The van der Waals surface area contributed by atoms with Crippen molar-refractivity contribution in [3.05, 3.63) is 57.7 Å². The maximum Gasteiger partial charge on any atom is 0.137 e. The van der Waals surface area contributed by atoms with Crippen LogP contribution in [-0.2, 0) is 6.42 Å². The fourth-order valence-electron chi connectivity index (χ4n) is 2.07. The number of fused-ring (bicyclic) bond motifs is 1. The van der Waals surface area contributed by atoms with Crippen molar-refractivity contribution in [1.29, 1.82) is 0 Å². The molecule has 0 fully saturated rings. The number of benzene rings is 2. The van der Waals surface area contributed by atoms with E-state index < -0.39 is 0 Å². The van der Waals surface area contributed by atoms with Gasteiger partial charge in [0, 0.05) is 9.99 Å². The van der Waals surface area contributed by atoms with Crippen molar-refractivity contribution in [3.63, 3.8) is 0 Å². The van der Waals surface area contributed by atoms with Crippen molar-refractivity contribution in [2.75, 3.05) is 6.61 Å². The largest absolute Gasteiger partial charge is 0.490 e. The van der Waals surface area contributed by atoms with E-state index in [9.17, 15) is 0 Å². The first-order valence-corrected chi connectivity index (χ1v) is 7.02. The van der Waals surface area contributed by atoms with E-state index in [1.54, 1.807) is 0 Å². The van der Waals surface area contributed by atoms with Gasteiger partial charge in [0.15, 0.2) is 0 Å². The summed E-state index contributed by atoms with van der Waals surface area (Å²) in [5.74, 6) is 1.89. The number of para-hydroxylation sites is 1. The molecule has 3 rings (SSSR count). The molecular weight excluding hydrogens is 339 g/mol. The molecule has 0 aliphatic carbocycles. The Bertz CT molecular complexity index is 511. The lowest BCUT2D eigenvalue weighted by Crippen LogP contribution is -2.22. The van der Waals surface area contributed by atoms with E-state index in [0.717, 1.165) is 17.9 Å². The van der Waals surface area contributed by atoms with E-state index in [-0.39, 0.29) is 6.10 Å². The molecule has 0 saturated heterocycles. The minimum atomic E-state index is 0.127. The highest BCUT2D eigenvalue weighted by molar-refractivity contribution is 14.1. The third kappa shape index (κ3) is 2.61. The normalized spacial score (nSPS) is 17.1. The van der Waals surface area contributed by atoms with Crippen molar-refractivity contribution in [2.45, 2.75) is 12.5 Å². The highest BCUT2D eigenvalue weighted by Crippen LogP contribution is 2.28. The second-order valence-corrected chi connectivity index (χ2v) is 5.56. The molecule has 1 aliphatic rings. The van der Waals surface area contributed by atoms with Crippen LogP contribution in [0, 0.1) is 3.57 Å². The van der Waals surface area contributed by atoms with Gasteiger partial charge in [-0.1, -0.05) is 18.2 Å². The van der Waals surface area contributed by atoms with Crippen molar-refractivity contribution >= 4 is 22.6 Å². The Morgan fingerprint density at radius 2 is 1.89 bits per heavy atom. The lowest BCUT2D eigenvalue weighted by Gasteiger charge is -2.12. The molecule has 2 nitrogen and oxygen atoms in total. The maximum absolute atomic E-state index is 5.83. The van der Waals surface area contributed by atoms with Crippen LogP contribution in [0.15, 0.2) is 48.5 Å². The first-order chi connectivity index (χ1) is 8.81. The quantitative estimate of drug-likeness (QED) is 0.785. The SMILES string of the molecule is Ic1ccc(OCC2Cc3ccccc3O2)cc1. The van der Waals surface area contributed by atoms with E-state index in [1.807, 2.05) is 42.5 Å². The van der Waals surface area contributed by atoms with Crippen LogP contribution in [0.25, 0.3) is 0 Å². The van der Waals surface area contributed by atoms with Crippen LogP contribution < -0.4 is 9.47 Å². The van der Waals surface area contributed by atoms with Crippen LogP contribution in [0.3, 0.4) is 0 Å². The van der Waals surface area contributed by atoms with Crippen LogP contribution in [-0.4, -0.2) is 12.7 Å². The van der Waals surface area contributed by atoms with Crippen LogP contribution in [0.5, 0.6) is 11.5 Å². The zero-order valence-electron chi connectivity index (χ0n) is 9.80. The van der Waals surface area contributed by atoms with Crippen LogP contribution in [0.2, 0.25) is 0 Å². The molecule has 18 heavy (non-hydrogen) atoms. The lowest BCUT2D eigenvalue weighted by atomic mass is 10.1. The predicted molar refractivity (Wildman–Crippen MR) is 79.2 cm³/mol. The molecule has 0 aromatic heterocycles. The van der Waals surface area contributed by atoms with E-state index in [4.69, 9.17) is 9.47 Å². The van der Waals surface area contributed by atoms with E-state index >= 15 is 0 Å². The Hall–Kier alpha value is -1.23. The summed E-state index contributed by atoms with van der Waals surface area (Å²) in [6.07, 6.45) is 1.06. The summed E-state index contributed by atoms with van der Waals surface area (Å²) in [6.45, 7) is 0.593. The molecule has 1 aliphatic heterocycles. The first-order valence-electron chi connectivity index (χ1n) is 5.94. The minimum Gasteiger partial charge on any atom is -0.490 e. The molecule has 0 amide bonds. The topological polar surface area (TPSA) is 18.5 Å². The molecular formula is C15H13IO2. The molecule has 0 saturated carbocycles. The summed E-state index contributed by atoms with van der Waals surface area (Å²) in [5, 5.41) is 0. The first kappa shape index (κ1) is 11.8. The summed E-state index contributed by atoms with van der Waals surface area (Å²) in [7, 11) is 0. The minimum absolute atomic E-state index is 0.127. The van der Waals surface area contributed by atoms with Gasteiger partial charge < -0.3 is 9.47 Å². The molecule has 1 heterocycles. The van der Waals surface area contributed by atoms with Crippen molar-refractivity contribution in [2.24, 2.45) is 0 Å². The smallest absolute Gasteiger partial charge is 0.137 e. The summed E-state index contributed by atoms with van der Waals surface area (Å²) in [5.41, 5.74) is 1.27. The van der Waals surface area contributed by atoms with Gasteiger partial charge >= 0.3 is 0 Å². The van der Waals surface area contributed by atoms with Crippen LogP contribution in [0.4, 0.5) is 0 Å². The Balaban J connectivity index is 1.58. The summed E-state index contributed by atoms with van der Waals surface area (Å²) in [4.78, 5) is 0. The molecule has 1 unspecified atom stereocenters. The zero-order valence-corrected chi connectivity index (χ0v) is 12.0. The monoisotopic (exact) mass is 352 g/mol. The van der Waals surface area contributed by atoms with Gasteiger partial charge in [-0.3, -0.25) is 0 Å². The van der Waals surface area contributed by atoms with Gasteiger partial charge in [0.05, 0.1) is 0 Å². The molecule has 3 heteroatoms. The Morgan fingerprint density at radius 3 is 2.67 bits per heavy atom. The van der Waals surface area contributed by atoms with Crippen molar-refractivity contribution < 1.29 is 9.47 Å². The van der Waals surface area contributed by atoms with Crippen molar-refractivity contribution in [1.82, 2.24) is 0 Å².